The van der Waals surface area contributed by atoms with Crippen LogP contribution in [0.5, 0.6) is 0 Å². The van der Waals surface area contributed by atoms with Gasteiger partial charge in [-0.25, -0.2) is 0 Å². The highest BCUT2D eigenvalue weighted by Gasteiger charge is 2.51. The van der Waals surface area contributed by atoms with Crippen molar-refractivity contribution in [1.82, 2.24) is 16.0 Å². The van der Waals surface area contributed by atoms with Crippen LogP contribution in [0.4, 0.5) is 5.69 Å². The first-order valence-electron chi connectivity index (χ1n) is 17.3. The highest BCUT2D eigenvalue weighted by Crippen LogP contribution is 2.42. The van der Waals surface area contributed by atoms with Gasteiger partial charge in [-0.15, -0.1) is 0 Å². The Labute approximate surface area is 243 Å². The van der Waals surface area contributed by atoms with Gasteiger partial charge >= 0.3 is 0 Å². The van der Waals surface area contributed by atoms with E-state index in [1.807, 2.05) is 0 Å². The number of hydrogen-bond acceptors (Lipinski definition) is 4. The Morgan fingerprint density at radius 2 is 1.62 bits per heavy atom. The van der Waals surface area contributed by atoms with Crippen LogP contribution in [0.15, 0.2) is 18.2 Å². The van der Waals surface area contributed by atoms with E-state index < -0.39 is 0 Å². The van der Waals surface area contributed by atoms with E-state index in [1.54, 1.807) is 0 Å². The third-order valence-corrected chi connectivity index (χ3v) is 11.7. The van der Waals surface area contributed by atoms with E-state index in [2.05, 4.69) is 46.4 Å². The molecule has 3 heterocycles. The fraction of sp³-hybridized carbons (Fsp3) is 0.800. The van der Waals surface area contributed by atoms with Crippen LogP contribution in [0, 0.1) is 18.8 Å². The van der Waals surface area contributed by atoms with Crippen LogP contribution in [0.3, 0.4) is 0 Å². The lowest BCUT2D eigenvalue weighted by atomic mass is 9.64. The van der Waals surface area contributed by atoms with Crippen LogP contribution in [0.1, 0.15) is 127 Å². The number of rotatable bonds is 6. The summed E-state index contributed by atoms with van der Waals surface area (Å²) in [5, 5.41) is 15.9. The Bertz CT molecular complexity index is 974. The molecule has 4 fully saturated rings. The molecule has 2 saturated heterocycles. The number of carbonyl (C=O) groups excluding carboxylic acids is 1. The highest BCUT2D eigenvalue weighted by molar-refractivity contribution is 5.88. The van der Waals surface area contributed by atoms with Crippen molar-refractivity contribution in [2.75, 3.05) is 11.9 Å². The number of fused-ring (bicyclic) bond motifs is 1. The third-order valence-electron chi connectivity index (χ3n) is 11.7. The second-order valence-electron chi connectivity index (χ2n) is 14.2. The fourth-order valence-corrected chi connectivity index (χ4v) is 9.51. The Morgan fingerprint density at radius 1 is 0.875 bits per heavy atom. The second kappa shape index (κ2) is 13.2. The van der Waals surface area contributed by atoms with Crippen molar-refractivity contribution in [3.63, 3.8) is 0 Å². The molecule has 0 radical (unpaired) electrons. The summed E-state index contributed by atoms with van der Waals surface area (Å²) in [6.07, 6.45) is 24.8. The predicted octanol–water partition coefficient (Wildman–Crippen LogP) is 6.78. The van der Waals surface area contributed by atoms with E-state index in [-0.39, 0.29) is 23.5 Å². The summed E-state index contributed by atoms with van der Waals surface area (Å²) < 4.78 is 0. The molecule has 0 spiro atoms. The molecule has 1 aromatic carbocycles. The molecule has 5 aliphatic rings. The van der Waals surface area contributed by atoms with Gasteiger partial charge < -0.3 is 21.3 Å². The van der Waals surface area contributed by atoms with Gasteiger partial charge in [0.2, 0.25) is 5.91 Å². The number of hydrogen-bond donors (Lipinski definition) is 4. The van der Waals surface area contributed by atoms with E-state index >= 15 is 0 Å². The lowest BCUT2D eigenvalue weighted by Crippen LogP contribution is -2.73. The van der Waals surface area contributed by atoms with Gasteiger partial charge in [0, 0.05) is 29.7 Å². The van der Waals surface area contributed by atoms with Gasteiger partial charge in [0.05, 0.1) is 6.04 Å². The van der Waals surface area contributed by atoms with Crippen molar-refractivity contribution in [2.24, 2.45) is 11.8 Å². The molecule has 5 nitrogen and oxygen atoms in total. The topological polar surface area (TPSA) is 65.2 Å². The summed E-state index contributed by atoms with van der Waals surface area (Å²) in [6, 6.07) is 7.41. The van der Waals surface area contributed by atoms with Crippen molar-refractivity contribution >= 4 is 11.6 Å². The average Bonchev–Trinajstić information content (AvgIpc) is 3.43. The van der Waals surface area contributed by atoms with Crippen molar-refractivity contribution < 1.29 is 4.79 Å². The van der Waals surface area contributed by atoms with E-state index in [0.29, 0.717) is 18.0 Å². The second-order valence-corrected chi connectivity index (χ2v) is 14.2. The minimum Gasteiger partial charge on any atom is -0.373 e. The van der Waals surface area contributed by atoms with Crippen LogP contribution < -0.4 is 21.3 Å². The molecule has 0 aromatic heterocycles. The molecule has 2 aliphatic carbocycles. The number of anilines is 1. The zero-order valence-electron chi connectivity index (χ0n) is 25.2. The van der Waals surface area contributed by atoms with Gasteiger partial charge in [0.15, 0.2) is 0 Å². The van der Waals surface area contributed by atoms with Gasteiger partial charge in [0.1, 0.15) is 6.04 Å². The van der Waals surface area contributed by atoms with Crippen molar-refractivity contribution in [3.05, 3.63) is 29.3 Å². The average molecular weight is 549 g/mol. The lowest BCUT2D eigenvalue weighted by molar-refractivity contribution is -0.124. The Balaban J connectivity index is 1.26. The quantitative estimate of drug-likeness (QED) is 0.316. The van der Waals surface area contributed by atoms with Crippen LogP contribution in [0.25, 0.3) is 0 Å². The zero-order valence-corrected chi connectivity index (χ0v) is 25.2. The number of nitrogens with one attached hydrogen (secondary N) is 4. The molecule has 1 aromatic rings. The maximum Gasteiger partial charge on any atom is 0.243 e. The maximum absolute atomic E-state index is 14.2. The molecular weight excluding hydrogens is 492 g/mol. The molecule has 6 rings (SSSR count). The molecule has 5 unspecified atom stereocenters. The van der Waals surface area contributed by atoms with Gasteiger partial charge in [-0.2, -0.15) is 0 Å². The smallest absolute Gasteiger partial charge is 0.243 e. The Kier molecular flexibility index (Phi) is 9.38. The summed E-state index contributed by atoms with van der Waals surface area (Å²) in [6.45, 7) is 3.24. The summed E-state index contributed by atoms with van der Waals surface area (Å²) >= 11 is 0. The summed E-state index contributed by atoms with van der Waals surface area (Å²) in [5.41, 5.74) is 3.72. The SMILES string of the molecule is Cc1cccc2c1NC(C(=O)NC(C1CCCC(C3CCCCCCC3)N1)C1(C3CCCCC3)CCCCN1)C2. The van der Waals surface area contributed by atoms with E-state index in [1.165, 1.54) is 132 Å². The fourth-order valence-electron chi connectivity index (χ4n) is 9.51. The summed E-state index contributed by atoms with van der Waals surface area (Å²) in [4.78, 5) is 14.2. The van der Waals surface area contributed by atoms with Gasteiger partial charge in [-0.05, 0) is 87.8 Å². The molecule has 2 saturated carbocycles. The molecule has 40 heavy (non-hydrogen) atoms. The van der Waals surface area contributed by atoms with E-state index in [4.69, 9.17) is 0 Å². The van der Waals surface area contributed by atoms with Crippen LogP contribution in [-0.4, -0.2) is 42.2 Å². The molecule has 5 heteroatoms. The Morgan fingerprint density at radius 3 is 2.38 bits per heavy atom. The number of para-hydroxylation sites is 1. The molecule has 222 valence electrons. The van der Waals surface area contributed by atoms with Crippen LogP contribution >= 0.6 is 0 Å². The van der Waals surface area contributed by atoms with E-state index in [0.717, 1.165) is 18.9 Å². The van der Waals surface area contributed by atoms with Gasteiger partial charge in [-0.1, -0.05) is 82.4 Å². The number of aryl methyl sites for hydroxylation is 1. The first-order chi connectivity index (χ1) is 19.6. The van der Waals surface area contributed by atoms with Crippen molar-refractivity contribution in [2.45, 2.75) is 159 Å². The van der Waals surface area contributed by atoms with Crippen LogP contribution in [0.2, 0.25) is 0 Å². The minimum absolute atomic E-state index is 0.0101. The molecule has 0 bridgehead atoms. The molecule has 5 atom stereocenters. The number of amides is 1. The zero-order chi connectivity index (χ0) is 27.4. The lowest BCUT2D eigenvalue weighted by Gasteiger charge is -2.54. The molecule has 4 N–H and O–H groups in total. The number of piperidine rings is 2. The molecular formula is C35H56N4O. The van der Waals surface area contributed by atoms with Crippen LogP contribution in [-0.2, 0) is 11.2 Å². The minimum atomic E-state index is -0.171. The van der Waals surface area contributed by atoms with E-state index in [9.17, 15) is 4.79 Å². The number of carbonyl (C=O) groups is 1. The predicted molar refractivity (Wildman–Crippen MR) is 166 cm³/mol. The first-order valence-corrected chi connectivity index (χ1v) is 17.3. The Hall–Kier alpha value is -1.59. The van der Waals surface area contributed by atoms with Crippen molar-refractivity contribution in [1.29, 1.82) is 0 Å². The summed E-state index contributed by atoms with van der Waals surface area (Å²) in [5.74, 6) is 1.67. The van der Waals surface area contributed by atoms with Gasteiger partial charge in [-0.3, -0.25) is 4.79 Å². The normalized spacial score (nSPS) is 33.3. The van der Waals surface area contributed by atoms with Gasteiger partial charge in [0.25, 0.3) is 0 Å². The summed E-state index contributed by atoms with van der Waals surface area (Å²) in [7, 11) is 0. The number of benzene rings is 1. The standard InChI is InChI=1S/C35H56N4O/c1-25-14-12-17-27-24-31(38-32(25)27)34(40)39-33(35(22-10-11-23-36-35)28-18-8-5-9-19-28)30-21-13-20-29(37-30)26-15-6-3-2-4-7-16-26/h12,14,17,26,28-31,33,36-38H,2-11,13,15-16,18-24H2,1H3,(H,39,40). The highest BCUT2D eigenvalue weighted by atomic mass is 16.2. The largest absolute Gasteiger partial charge is 0.373 e. The molecule has 1 amide bonds. The third kappa shape index (κ3) is 6.11. The monoisotopic (exact) mass is 548 g/mol. The molecule has 3 aliphatic heterocycles. The van der Waals surface area contributed by atoms with Crippen molar-refractivity contribution in [3.8, 4) is 0 Å². The first kappa shape index (κ1) is 28.5. The maximum atomic E-state index is 14.2.